The number of anilines is 2. The number of carbonyl (C=O) groups excluding carboxylic acids is 16. The van der Waals surface area contributed by atoms with Gasteiger partial charge in [0.15, 0.2) is 73.6 Å². The first-order chi connectivity index (χ1) is 50.8. The van der Waals surface area contributed by atoms with Gasteiger partial charge in [0.1, 0.15) is 73.9 Å². The molecular weight excluding hydrogens is 1480 g/mol. The monoisotopic (exact) mass is 1570 g/mol. The van der Waals surface area contributed by atoms with E-state index in [1.807, 2.05) is 0 Å². The summed E-state index contributed by atoms with van der Waals surface area (Å²) in [4.78, 5) is 204. The largest absolute Gasteiger partial charge is 0.463 e. The van der Waals surface area contributed by atoms with Gasteiger partial charge < -0.3 is 105 Å². The van der Waals surface area contributed by atoms with Crippen molar-refractivity contribution in [2.24, 2.45) is 0 Å². The number of hydrogen-bond acceptors (Lipinski definition) is 38. The van der Waals surface area contributed by atoms with Gasteiger partial charge in [-0.1, -0.05) is 23.5 Å². The molecule has 2 aromatic carbocycles. The summed E-state index contributed by atoms with van der Waals surface area (Å²) in [6.07, 6.45) is -30.5. The molecule has 4 fully saturated rings. The van der Waals surface area contributed by atoms with Crippen molar-refractivity contribution in [1.29, 1.82) is 0 Å². The minimum Gasteiger partial charge on any atom is -0.463 e. The molecule has 594 valence electrons. The van der Waals surface area contributed by atoms with Gasteiger partial charge in [-0.3, -0.25) is 76.7 Å². The molecule has 0 aliphatic carbocycles. The van der Waals surface area contributed by atoms with Crippen molar-refractivity contribution in [2.45, 2.75) is 241 Å². The average molecular weight is 1570 g/mol. The molecule has 20 atom stereocenters. The first-order valence-electron chi connectivity index (χ1n) is 33.2. The maximum absolute atomic E-state index is 13.3. The summed E-state index contributed by atoms with van der Waals surface area (Å²) in [5.74, 6) is -13.8. The summed E-state index contributed by atoms with van der Waals surface area (Å²) in [5.41, 5.74) is -2.15. The lowest BCUT2D eigenvalue weighted by Crippen LogP contribution is -2.66. The highest BCUT2D eigenvalue weighted by Gasteiger charge is 2.60. The second-order valence-electron chi connectivity index (χ2n) is 24.2. The molecule has 2 amide bonds. The van der Waals surface area contributed by atoms with Crippen LogP contribution in [-0.2, 0) is 171 Å². The third kappa shape index (κ3) is 27.3. The first-order valence-corrected chi connectivity index (χ1v) is 34.9. The molecule has 0 bridgehead atoms. The predicted octanol–water partition coefficient (Wildman–Crippen LogP) is 2.47. The van der Waals surface area contributed by atoms with Crippen LogP contribution in [-0.4, -0.2) is 243 Å². The number of nitrogens with one attached hydrogen (secondary N) is 2. The lowest BCUT2D eigenvalue weighted by molar-refractivity contribution is -0.341. The molecule has 4 aliphatic heterocycles. The molecule has 108 heavy (non-hydrogen) atoms. The van der Waals surface area contributed by atoms with Gasteiger partial charge in [0.05, 0.1) is 0 Å². The van der Waals surface area contributed by atoms with Gasteiger partial charge in [0.25, 0.3) is 0 Å². The smallest absolute Gasteiger partial charge is 0.303 e. The normalized spacial score (nSPS) is 27.8. The predicted molar refractivity (Wildman–Crippen MR) is 358 cm³/mol. The Kier molecular flexibility index (Phi) is 33.2. The van der Waals surface area contributed by atoms with Gasteiger partial charge in [-0.15, -0.1) is 0 Å². The molecule has 2 aromatic rings. The van der Waals surface area contributed by atoms with Crippen LogP contribution in [0.5, 0.6) is 0 Å². The molecule has 0 aromatic heterocycles. The number of esters is 14. The number of carbonyl (C=O) groups is 16. The molecular formula is C68H84N2O36S2. The number of thioether (sulfide) groups is 2. The van der Waals surface area contributed by atoms with E-state index in [1.54, 1.807) is 0 Å². The lowest BCUT2D eigenvalue weighted by atomic mass is 9.96. The van der Waals surface area contributed by atoms with Crippen LogP contribution in [0, 0.1) is 0 Å². The van der Waals surface area contributed by atoms with E-state index in [0.717, 1.165) is 120 Å². The van der Waals surface area contributed by atoms with Crippen LogP contribution in [0.1, 0.15) is 110 Å². The van der Waals surface area contributed by atoms with Crippen molar-refractivity contribution in [1.82, 2.24) is 0 Å². The number of ether oxygens (including phenoxy) is 20. The third-order valence-electron chi connectivity index (χ3n) is 15.1. The van der Waals surface area contributed by atoms with Crippen molar-refractivity contribution >= 4 is 130 Å². The molecule has 4 saturated heterocycles. The van der Waals surface area contributed by atoms with Crippen LogP contribution in [0.15, 0.2) is 58.3 Å². The van der Waals surface area contributed by atoms with E-state index in [9.17, 15) is 76.7 Å². The molecule has 6 rings (SSSR count). The Labute approximate surface area is 625 Å². The third-order valence-corrected chi connectivity index (χ3v) is 17.4. The van der Waals surface area contributed by atoms with E-state index >= 15 is 0 Å². The van der Waals surface area contributed by atoms with Gasteiger partial charge in [0, 0.05) is 131 Å². The number of benzene rings is 2. The highest BCUT2D eigenvalue weighted by atomic mass is 32.2. The van der Waals surface area contributed by atoms with E-state index in [2.05, 4.69) is 10.6 Å². The van der Waals surface area contributed by atoms with Crippen molar-refractivity contribution in [3.05, 3.63) is 48.5 Å². The van der Waals surface area contributed by atoms with Crippen LogP contribution in [0.2, 0.25) is 0 Å². The Balaban J connectivity index is 1.16. The van der Waals surface area contributed by atoms with Gasteiger partial charge in [0.2, 0.25) is 11.8 Å². The average Bonchev–Trinajstić information content (AvgIpc) is 0.770. The van der Waals surface area contributed by atoms with Gasteiger partial charge in [-0.25, -0.2) is 0 Å². The fourth-order valence-corrected chi connectivity index (χ4v) is 13.5. The SMILES string of the molecule is CC(=O)OC[C@H]1O[C@@H](Sc2ccc(NC(=O)CCC(=O)Nc3ccc(S[C@@H]4O[C@H](COC(C)=O)[C@@H](O[C@H]5O[C@H](COC(C)=O)[C@@H](OC(C)=O)[C@H](OC(C)=O)[C@H]5OC(C)=O)[C@H](OC(C)=O)[C@H]4OC(C)=O)cc3)cc2)[C@H](OC(C)=O)[C@@H](OC(C)=O)[C@@H]1O[C@H]1O[C@H](COC(C)=O)[C@@H](OC(C)=O)[C@H](OC(C)=O)[C@H]1OC(C)=O. The zero-order valence-electron chi connectivity index (χ0n) is 60.9. The van der Waals surface area contributed by atoms with Gasteiger partial charge >= 0.3 is 83.6 Å². The Bertz CT molecular complexity index is 3360. The molecule has 40 heteroatoms. The number of amides is 2. The topological polar surface area (TPSA) is 482 Å². The summed E-state index contributed by atoms with van der Waals surface area (Å²) in [5, 5.41) is 5.38. The summed E-state index contributed by atoms with van der Waals surface area (Å²) in [6.45, 7) is 11.9. The zero-order chi connectivity index (χ0) is 80.0. The maximum atomic E-state index is 13.3. The van der Waals surface area contributed by atoms with Crippen LogP contribution in [0.25, 0.3) is 0 Å². The van der Waals surface area contributed by atoms with E-state index in [0.29, 0.717) is 9.79 Å². The van der Waals surface area contributed by atoms with Crippen molar-refractivity contribution < 1.29 is 171 Å². The Morgan fingerprint density at radius 3 is 0.750 bits per heavy atom. The van der Waals surface area contributed by atoms with Crippen LogP contribution in [0.3, 0.4) is 0 Å². The second kappa shape index (κ2) is 41.1. The standard InChI is InChI=1S/C68H84N2O36S2/c1-29(71)87-25-47-53(91-33(5)75)57(93-35(7)77)61(97-39(11)81)65(101-47)105-55-49(27-89-31(3)73)103-67(63(99-41(13)83)59(55)95-37(9)79)107-45-19-15-43(16-20-45)69-51(85)23-24-52(86)70-44-17-21-46(22-18-44)108-68-64(100-42(14)84)60(96-38(10)80)56(50(104-68)28-90-32(4)74)106-66-62(98-40(12)82)58(94-36(8)78)54(92-34(6)76)48(102-66)26-88-30(2)72/h15-22,47-50,53-68H,23-28H2,1-14H3,(H,69,85)(H,70,86)/t47-,48-,49-,50-,53-,54-,55-,56-,57+,58+,59+,60+,61-,62-,63-,64-,65-,66-,67+,68+/m1/s1. The quantitative estimate of drug-likeness (QED) is 0.0808. The minimum atomic E-state index is -1.90. The highest BCUT2D eigenvalue weighted by molar-refractivity contribution is 8.00. The lowest BCUT2D eigenvalue weighted by Gasteiger charge is -2.48. The van der Waals surface area contributed by atoms with Gasteiger partial charge in [-0.05, 0) is 48.5 Å². The van der Waals surface area contributed by atoms with Crippen LogP contribution >= 0.6 is 23.5 Å². The Morgan fingerprint density at radius 2 is 0.500 bits per heavy atom. The Morgan fingerprint density at radius 1 is 0.278 bits per heavy atom. The minimum absolute atomic E-state index is 0.253. The van der Waals surface area contributed by atoms with E-state index in [-0.39, 0.29) is 24.2 Å². The zero-order valence-corrected chi connectivity index (χ0v) is 62.6. The first kappa shape index (κ1) is 87.3. The summed E-state index contributed by atoms with van der Waals surface area (Å²) < 4.78 is 115. The molecule has 0 unspecified atom stereocenters. The van der Waals surface area contributed by atoms with Crippen molar-refractivity contribution in [2.75, 3.05) is 37.1 Å². The van der Waals surface area contributed by atoms with Crippen molar-refractivity contribution in [3.8, 4) is 0 Å². The summed E-state index contributed by atoms with van der Waals surface area (Å²) >= 11 is 1.84. The van der Waals surface area contributed by atoms with E-state index in [4.69, 9.17) is 94.7 Å². The van der Waals surface area contributed by atoms with Crippen molar-refractivity contribution in [3.63, 3.8) is 0 Å². The van der Waals surface area contributed by atoms with E-state index in [1.165, 1.54) is 48.5 Å². The molecule has 38 nitrogen and oxygen atoms in total. The second-order valence-corrected chi connectivity index (χ2v) is 26.5. The highest BCUT2D eigenvalue weighted by Crippen LogP contribution is 2.43. The van der Waals surface area contributed by atoms with E-state index < -0.39 is 243 Å². The molecule has 0 radical (unpaired) electrons. The fourth-order valence-electron chi connectivity index (χ4n) is 11.3. The summed E-state index contributed by atoms with van der Waals surface area (Å²) in [6, 6.07) is 12.1. The fraction of sp³-hybridized carbons (Fsp3) is 0.588. The van der Waals surface area contributed by atoms with Crippen LogP contribution in [0.4, 0.5) is 11.4 Å². The van der Waals surface area contributed by atoms with Gasteiger partial charge in [-0.2, -0.15) is 0 Å². The summed E-state index contributed by atoms with van der Waals surface area (Å²) in [7, 11) is 0. The number of hydrogen-bond donors (Lipinski definition) is 2. The Hall–Kier alpha value is -9.58. The molecule has 2 N–H and O–H groups in total. The molecule has 0 spiro atoms. The maximum Gasteiger partial charge on any atom is 0.303 e. The van der Waals surface area contributed by atoms with Crippen LogP contribution < -0.4 is 10.6 Å². The molecule has 0 saturated carbocycles. The number of rotatable bonds is 31. The molecule has 4 heterocycles. The molecule has 4 aliphatic rings.